The lowest BCUT2D eigenvalue weighted by molar-refractivity contribution is -0.0469. The summed E-state index contributed by atoms with van der Waals surface area (Å²) >= 11 is 0. The highest BCUT2D eigenvalue weighted by Crippen LogP contribution is 2.18. The van der Waals surface area contributed by atoms with E-state index in [1.807, 2.05) is 30.5 Å². The molecule has 3 heteroatoms. The topological polar surface area (TPSA) is 56.2 Å². The number of hydrogen-bond donors (Lipinski definition) is 3. The van der Waals surface area contributed by atoms with E-state index in [9.17, 15) is 10.2 Å². The third-order valence-electron chi connectivity index (χ3n) is 2.86. The molecular formula is C13H17NO2. The third-order valence-corrected chi connectivity index (χ3v) is 2.86. The summed E-state index contributed by atoms with van der Waals surface area (Å²) in [6, 6.07) is 8.00. The number of nitrogens with one attached hydrogen (secondary N) is 1. The third kappa shape index (κ3) is 2.26. The van der Waals surface area contributed by atoms with Crippen molar-refractivity contribution in [2.45, 2.75) is 32.0 Å². The normalized spacial score (nSPS) is 14.2. The van der Waals surface area contributed by atoms with E-state index in [0.717, 1.165) is 16.5 Å². The molecule has 0 saturated heterocycles. The van der Waals surface area contributed by atoms with Gasteiger partial charge in [0.1, 0.15) is 0 Å². The Morgan fingerprint density at radius 3 is 2.75 bits per heavy atom. The first kappa shape index (κ1) is 11.2. The Morgan fingerprint density at radius 2 is 2.06 bits per heavy atom. The Labute approximate surface area is 94.7 Å². The van der Waals surface area contributed by atoms with E-state index < -0.39 is 11.7 Å². The second-order valence-electron chi connectivity index (χ2n) is 4.77. The van der Waals surface area contributed by atoms with Gasteiger partial charge in [0.05, 0.1) is 11.7 Å². The molecule has 0 spiro atoms. The van der Waals surface area contributed by atoms with Gasteiger partial charge in [-0.1, -0.05) is 12.1 Å². The zero-order valence-corrected chi connectivity index (χ0v) is 9.57. The van der Waals surface area contributed by atoms with Gasteiger partial charge in [-0.25, -0.2) is 0 Å². The number of fused-ring (bicyclic) bond motifs is 1. The molecule has 3 nitrogen and oxygen atoms in total. The fourth-order valence-corrected chi connectivity index (χ4v) is 1.69. The lowest BCUT2D eigenvalue weighted by Gasteiger charge is -2.24. The molecular weight excluding hydrogens is 202 g/mol. The van der Waals surface area contributed by atoms with E-state index in [1.54, 1.807) is 13.8 Å². The molecule has 1 atom stereocenters. The molecule has 0 aliphatic rings. The maximum atomic E-state index is 9.80. The highest BCUT2D eigenvalue weighted by molar-refractivity contribution is 5.79. The fourth-order valence-electron chi connectivity index (χ4n) is 1.69. The zero-order valence-electron chi connectivity index (χ0n) is 9.57. The maximum absolute atomic E-state index is 9.80. The van der Waals surface area contributed by atoms with Crippen molar-refractivity contribution in [1.29, 1.82) is 0 Å². The van der Waals surface area contributed by atoms with Gasteiger partial charge in [-0.3, -0.25) is 0 Å². The van der Waals surface area contributed by atoms with Crippen molar-refractivity contribution in [3.63, 3.8) is 0 Å². The van der Waals surface area contributed by atoms with Crippen LogP contribution in [0, 0.1) is 0 Å². The molecule has 1 aromatic carbocycles. The van der Waals surface area contributed by atoms with Crippen LogP contribution in [0.4, 0.5) is 0 Å². The van der Waals surface area contributed by atoms with Crippen LogP contribution in [0.3, 0.4) is 0 Å². The molecule has 86 valence electrons. The van der Waals surface area contributed by atoms with Crippen LogP contribution in [0.5, 0.6) is 0 Å². The second-order valence-corrected chi connectivity index (χ2v) is 4.77. The van der Waals surface area contributed by atoms with Crippen LogP contribution in [0.15, 0.2) is 30.5 Å². The fraction of sp³-hybridized carbons (Fsp3) is 0.385. The van der Waals surface area contributed by atoms with Crippen LogP contribution in [-0.2, 0) is 6.42 Å². The molecule has 0 radical (unpaired) electrons. The van der Waals surface area contributed by atoms with E-state index in [-0.39, 0.29) is 0 Å². The summed E-state index contributed by atoms with van der Waals surface area (Å²) in [4.78, 5) is 3.13. The van der Waals surface area contributed by atoms with Crippen LogP contribution in [-0.4, -0.2) is 26.9 Å². The summed E-state index contributed by atoms with van der Waals surface area (Å²) in [5, 5.41) is 20.6. The van der Waals surface area contributed by atoms with Crippen LogP contribution in [0.25, 0.3) is 10.9 Å². The van der Waals surface area contributed by atoms with E-state index in [0.29, 0.717) is 6.42 Å². The van der Waals surface area contributed by atoms with Crippen LogP contribution in [0.2, 0.25) is 0 Å². The van der Waals surface area contributed by atoms with Gasteiger partial charge < -0.3 is 15.2 Å². The van der Waals surface area contributed by atoms with Gasteiger partial charge >= 0.3 is 0 Å². The minimum absolute atomic E-state index is 0.457. The summed E-state index contributed by atoms with van der Waals surface area (Å²) in [6.07, 6.45) is 1.60. The molecule has 1 unspecified atom stereocenters. The Kier molecular flexibility index (Phi) is 2.74. The predicted molar refractivity (Wildman–Crippen MR) is 64.3 cm³/mol. The molecule has 0 bridgehead atoms. The van der Waals surface area contributed by atoms with Crippen molar-refractivity contribution in [2.24, 2.45) is 0 Å². The monoisotopic (exact) mass is 219 g/mol. The first-order valence-electron chi connectivity index (χ1n) is 5.43. The number of aliphatic hydroxyl groups excluding tert-OH is 1. The van der Waals surface area contributed by atoms with E-state index in [1.165, 1.54) is 0 Å². The maximum Gasteiger partial charge on any atom is 0.0861 e. The Bertz CT molecular complexity index is 482. The Hall–Kier alpha value is -1.32. The van der Waals surface area contributed by atoms with Crippen LogP contribution >= 0.6 is 0 Å². The number of rotatable bonds is 3. The van der Waals surface area contributed by atoms with Crippen molar-refractivity contribution in [2.75, 3.05) is 0 Å². The molecule has 2 rings (SSSR count). The Balaban J connectivity index is 2.21. The van der Waals surface area contributed by atoms with Gasteiger partial charge in [0.25, 0.3) is 0 Å². The van der Waals surface area contributed by atoms with E-state index in [2.05, 4.69) is 4.98 Å². The summed E-state index contributed by atoms with van der Waals surface area (Å²) < 4.78 is 0. The van der Waals surface area contributed by atoms with Crippen LogP contribution in [0.1, 0.15) is 19.4 Å². The van der Waals surface area contributed by atoms with Gasteiger partial charge in [-0.05, 0) is 36.9 Å². The first-order valence-corrected chi connectivity index (χ1v) is 5.43. The molecule has 16 heavy (non-hydrogen) atoms. The number of benzene rings is 1. The quantitative estimate of drug-likeness (QED) is 0.737. The highest BCUT2D eigenvalue weighted by atomic mass is 16.3. The minimum Gasteiger partial charge on any atom is -0.390 e. The molecule has 0 fully saturated rings. The molecule has 0 saturated carbocycles. The van der Waals surface area contributed by atoms with Gasteiger partial charge in [-0.15, -0.1) is 0 Å². The second kappa shape index (κ2) is 3.92. The number of hydrogen-bond acceptors (Lipinski definition) is 2. The van der Waals surface area contributed by atoms with Crippen molar-refractivity contribution >= 4 is 10.9 Å². The van der Waals surface area contributed by atoms with Crippen molar-refractivity contribution in [3.05, 3.63) is 36.0 Å². The number of aromatic amines is 1. The summed E-state index contributed by atoms with van der Waals surface area (Å²) in [6.45, 7) is 3.23. The van der Waals surface area contributed by atoms with Gasteiger partial charge in [0.2, 0.25) is 0 Å². The molecule has 0 aliphatic carbocycles. The molecule has 1 heterocycles. The van der Waals surface area contributed by atoms with Crippen LogP contribution < -0.4 is 0 Å². The van der Waals surface area contributed by atoms with Gasteiger partial charge in [-0.2, -0.15) is 0 Å². The van der Waals surface area contributed by atoms with Crippen molar-refractivity contribution < 1.29 is 10.2 Å². The molecule has 0 amide bonds. The lowest BCUT2D eigenvalue weighted by atomic mass is 9.95. The summed E-state index contributed by atoms with van der Waals surface area (Å²) in [7, 11) is 0. The van der Waals surface area contributed by atoms with E-state index >= 15 is 0 Å². The minimum atomic E-state index is -1.06. The number of aliphatic hydroxyl groups is 2. The average molecular weight is 219 g/mol. The molecule has 1 aromatic heterocycles. The largest absolute Gasteiger partial charge is 0.390 e. The molecule has 2 aromatic rings. The zero-order chi connectivity index (χ0) is 11.8. The first-order chi connectivity index (χ1) is 7.47. The lowest BCUT2D eigenvalue weighted by Crippen LogP contribution is -2.37. The molecule has 3 N–H and O–H groups in total. The number of H-pyrrole nitrogens is 1. The predicted octanol–water partition coefficient (Wildman–Crippen LogP) is 1.84. The van der Waals surface area contributed by atoms with Gasteiger partial charge in [0, 0.05) is 18.1 Å². The SMILES string of the molecule is CC(C)(O)C(O)Cc1ccc2cc[nH]c2c1. The smallest absolute Gasteiger partial charge is 0.0861 e. The van der Waals surface area contributed by atoms with Crippen molar-refractivity contribution in [1.82, 2.24) is 4.98 Å². The highest BCUT2D eigenvalue weighted by Gasteiger charge is 2.24. The standard InChI is InChI=1S/C13H17NO2/c1-13(2,16)12(15)8-9-3-4-10-5-6-14-11(10)7-9/h3-7,12,14-16H,8H2,1-2H3. The number of aromatic nitrogens is 1. The summed E-state index contributed by atoms with van der Waals surface area (Å²) in [5.41, 5.74) is 1.01. The van der Waals surface area contributed by atoms with E-state index in [4.69, 9.17) is 0 Å². The molecule has 0 aliphatic heterocycles. The van der Waals surface area contributed by atoms with Crippen molar-refractivity contribution in [3.8, 4) is 0 Å². The summed E-state index contributed by atoms with van der Waals surface area (Å²) in [5.74, 6) is 0. The average Bonchev–Trinajstić information content (AvgIpc) is 2.63. The Morgan fingerprint density at radius 1 is 1.31 bits per heavy atom. The van der Waals surface area contributed by atoms with Gasteiger partial charge in [0.15, 0.2) is 0 Å².